The zero-order valence-corrected chi connectivity index (χ0v) is 9.02. The third kappa shape index (κ3) is 3.23. The van der Waals surface area contributed by atoms with E-state index in [1.54, 1.807) is 6.07 Å². The first-order valence-corrected chi connectivity index (χ1v) is 4.55. The normalized spacial score (nSPS) is 9.38. The van der Waals surface area contributed by atoms with Gasteiger partial charge in [-0.1, -0.05) is 0 Å². The third-order valence-electron chi connectivity index (χ3n) is 1.79. The summed E-state index contributed by atoms with van der Waals surface area (Å²) in [6.07, 6.45) is 0.794. The Balaban J connectivity index is 2.62. The van der Waals surface area contributed by atoms with E-state index in [1.165, 1.54) is 26.4 Å². The summed E-state index contributed by atoms with van der Waals surface area (Å²) in [7, 11) is 2.90. The van der Waals surface area contributed by atoms with Crippen LogP contribution >= 0.6 is 0 Å². The number of methoxy groups -OCH3 is 1. The van der Waals surface area contributed by atoms with Gasteiger partial charge in [-0.3, -0.25) is 9.78 Å². The monoisotopic (exact) mass is 224 g/mol. The predicted octanol–water partition coefficient (Wildman–Crippen LogP) is 0.629. The van der Waals surface area contributed by atoms with E-state index in [2.05, 4.69) is 15.0 Å². The van der Waals surface area contributed by atoms with Gasteiger partial charge >= 0.3 is 6.09 Å². The topological polar surface area (TPSA) is 77.5 Å². The Morgan fingerprint density at radius 1 is 1.50 bits per heavy atom. The maximum atomic E-state index is 11.5. The minimum Gasteiger partial charge on any atom is -0.497 e. The maximum Gasteiger partial charge on any atom is 0.407 e. The molecule has 6 nitrogen and oxygen atoms in total. The molecule has 1 heterocycles. The van der Waals surface area contributed by atoms with Crippen molar-refractivity contribution in [1.29, 1.82) is 0 Å². The summed E-state index contributed by atoms with van der Waals surface area (Å²) in [6, 6.07) is 3.10. The second kappa shape index (κ2) is 5.69. The average Bonchev–Trinajstić information content (AvgIpc) is 2.35. The number of carbonyl (C=O) groups is 2. The van der Waals surface area contributed by atoms with E-state index in [9.17, 15) is 9.59 Å². The van der Waals surface area contributed by atoms with Crippen molar-refractivity contribution in [3.63, 3.8) is 0 Å². The molecule has 1 aromatic heterocycles. The zero-order valence-electron chi connectivity index (χ0n) is 9.02. The van der Waals surface area contributed by atoms with E-state index in [4.69, 9.17) is 4.74 Å². The van der Waals surface area contributed by atoms with Crippen LogP contribution in [0.3, 0.4) is 0 Å². The van der Waals surface area contributed by atoms with Gasteiger partial charge < -0.3 is 14.8 Å². The van der Waals surface area contributed by atoms with E-state index < -0.39 is 6.09 Å². The van der Waals surface area contributed by atoms with Crippen molar-refractivity contribution in [2.75, 3.05) is 20.8 Å². The lowest BCUT2D eigenvalue weighted by Gasteiger charge is -2.04. The van der Waals surface area contributed by atoms with Gasteiger partial charge in [-0.25, -0.2) is 4.79 Å². The molecule has 0 fully saturated rings. The van der Waals surface area contributed by atoms with Crippen LogP contribution < -0.4 is 10.1 Å². The molecule has 0 spiro atoms. The first-order chi connectivity index (χ1) is 7.67. The fraction of sp³-hybridized carbons (Fsp3) is 0.300. The minimum atomic E-state index is -0.656. The number of hydrogen-bond acceptors (Lipinski definition) is 5. The zero-order chi connectivity index (χ0) is 12.0. The number of carbonyl (C=O) groups excluding carboxylic acids is 2. The number of ketones is 1. The molecule has 0 saturated carbocycles. The second-order valence-corrected chi connectivity index (χ2v) is 2.83. The molecule has 1 rings (SSSR count). The van der Waals surface area contributed by atoms with Gasteiger partial charge in [0.15, 0.2) is 6.61 Å². The lowest BCUT2D eigenvalue weighted by Crippen LogP contribution is -2.23. The van der Waals surface area contributed by atoms with E-state index in [0.29, 0.717) is 5.75 Å². The highest BCUT2D eigenvalue weighted by Crippen LogP contribution is 2.10. The van der Waals surface area contributed by atoms with Crippen molar-refractivity contribution >= 4 is 11.9 Å². The average molecular weight is 224 g/mol. The molecule has 0 saturated heterocycles. The quantitative estimate of drug-likeness (QED) is 0.759. The summed E-state index contributed by atoms with van der Waals surface area (Å²) >= 11 is 0. The number of amides is 1. The van der Waals surface area contributed by atoms with Crippen molar-refractivity contribution in [3.8, 4) is 5.75 Å². The van der Waals surface area contributed by atoms with E-state index in [-0.39, 0.29) is 18.1 Å². The van der Waals surface area contributed by atoms with Crippen LogP contribution in [0, 0.1) is 0 Å². The predicted molar refractivity (Wildman–Crippen MR) is 55.5 cm³/mol. The van der Waals surface area contributed by atoms with Gasteiger partial charge in [0.05, 0.1) is 7.11 Å². The van der Waals surface area contributed by atoms with Crippen LogP contribution in [-0.2, 0) is 4.74 Å². The van der Waals surface area contributed by atoms with Crippen molar-refractivity contribution < 1.29 is 19.1 Å². The fourth-order valence-electron chi connectivity index (χ4n) is 0.968. The lowest BCUT2D eigenvalue weighted by atomic mass is 10.2. The molecule has 0 aromatic carbocycles. The molecule has 0 radical (unpaired) electrons. The Morgan fingerprint density at radius 2 is 2.25 bits per heavy atom. The van der Waals surface area contributed by atoms with Crippen molar-refractivity contribution in [2.45, 2.75) is 0 Å². The van der Waals surface area contributed by atoms with Crippen molar-refractivity contribution in [2.24, 2.45) is 0 Å². The molecule has 0 aliphatic heterocycles. The summed E-state index contributed by atoms with van der Waals surface area (Å²) in [4.78, 5) is 26.1. The summed E-state index contributed by atoms with van der Waals surface area (Å²) in [5, 5.41) is 2.24. The van der Waals surface area contributed by atoms with Crippen LogP contribution in [0.2, 0.25) is 0 Å². The number of ether oxygens (including phenoxy) is 2. The van der Waals surface area contributed by atoms with E-state index in [1.807, 2.05) is 0 Å². The van der Waals surface area contributed by atoms with Crippen LogP contribution in [0.5, 0.6) is 5.75 Å². The number of hydrogen-bond donors (Lipinski definition) is 1. The Morgan fingerprint density at radius 3 is 2.88 bits per heavy atom. The Hall–Kier alpha value is -2.11. The number of pyridine rings is 1. The summed E-state index contributed by atoms with van der Waals surface area (Å²) in [5.41, 5.74) is 0.197. The van der Waals surface area contributed by atoms with Crippen molar-refractivity contribution in [3.05, 3.63) is 24.0 Å². The van der Waals surface area contributed by atoms with Crippen molar-refractivity contribution in [1.82, 2.24) is 10.3 Å². The molecule has 1 amide bonds. The Labute approximate surface area is 92.6 Å². The first-order valence-electron chi connectivity index (χ1n) is 4.55. The van der Waals surface area contributed by atoms with Gasteiger partial charge in [0.25, 0.3) is 0 Å². The number of nitrogens with zero attached hydrogens (tertiary/aromatic N) is 1. The molecular weight excluding hydrogens is 212 g/mol. The number of rotatable bonds is 4. The van der Waals surface area contributed by atoms with Crippen LogP contribution in [0.15, 0.2) is 18.3 Å². The second-order valence-electron chi connectivity index (χ2n) is 2.83. The summed E-state index contributed by atoms with van der Waals surface area (Å²) < 4.78 is 9.54. The number of aromatic nitrogens is 1. The van der Waals surface area contributed by atoms with Gasteiger partial charge in [-0.15, -0.1) is 0 Å². The highest BCUT2D eigenvalue weighted by molar-refractivity contribution is 5.96. The molecule has 0 aliphatic carbocycles. The molecule has 86 valence electrons. The lowest BCUT2D eigenvalue weighted by molar-refractivity contribution is 0.0842. The van der Waals surface area contributed by atoms with Gasteiger partial charge in [0, 0.05) is 19.3 Å². The van der Waals surface area contributed by atoms with Crippen LogP contribution in [0.4, 0.5) is 4.79 Å². The molecule has 1 N–H and O–H groups in total. The van der Waals surface area contributed by atoms with Gasteiger partial charge in [-0.2, -0.15) is 0 Å². The molecule has 0 atom stereocenters. The molecule has 0 unspecified atom stereocenters. The molecular formula is C10H12N2O4. The highest BCUT2D eigenvalue weighted by Gasteiger charge is 2.10. The number of Topliss-reactive ketones (excluding diaryl/α,β-unsaturated/α-hetero) is 1. The van der Waals surface area contributed by atoms with Crippen LogP contribution in [0.25, 0.3) is 0 Å². The first kappa shape index (κ1) is 12.0. The van der Waals surface area contributed by atoms with E-state index >= 15 is 0 Å². The largest absolute Gasteiger partial charge is 0.497 e. The molecule has 0 aliphatic rings. The highest BCUT2D eigenvalue weighted by atomic mass is 16.5. The van der Waals surface area contributed by atoms with Crippen LogP contribution in [-0.4, -0.2) is 37.6 Å². The number of nitrogens with one attached hydrogen (secondary N) is 1. The van der Waals surface area contributed by atoms with Gasteiger partial charge in [0.1, 0.15) is 11.4 Å². The molecule has 0 bridgehead atoms. The third-order valence-corrected chi connectivity index (χ3v) is 1.79. The smallest absolute Gasteiger partial charge is 0.407 e. The van der Waals surface area contributed by atoms with Crippen LogP contribution in [0.1, 0.15) is 10.5 Å². The minimum absolute atomic E-state index is 0.197. The van der Waals surface area contributed by atoms with Gasteiger partial charge in [0.2, 0.25) is 5.78 Å². The Kier molecular flexibility index (Phi) is 4.26. The van der Waals surface area contributed by atoms with E-state index in [0.717, 1.165) is 0 Å². The molecule has 1 aromatic rings. The standard InChI is InChI=1S/C10H12N2O4/c1-11-10(14)16-6-9(13)8-5-7(15-2)3-4-12-8/h3-5H,6H2,1-2H3,(H,11,14). The molecule has 6 heteroatoms. The SMILES string of the molecule is CNC(=O)OCC(=O)c1cc(OC)ccn1. The summed E-state index contributed by atoms with van der Waals surface area (Å²) in [5.74, 6) is 0.140. The van der Waals surface area contributed by atoms with Gasteiger partial charge in [-0.05, 0) is 6.07 Å². The molecule has 16 heavy (non-hydrogen) atoms. The Bertz CT molecular complexity index is 392. The summed E-state index contributed by atoms with van der Waals surface area (Å²) in [6.45, 7) is -0.347. The fourth-order valence-corrected chi connectivity index (χ4v) is 0.968. The maximum absolute atomic E-state index is 11.5. The number of alkyl carbamates (subject to hydrolysis) is 1.